The van der Waals surface area contributed by atoms with Gasteiger partial charge in [0.25, 0.3) is 0 Å². The van der Waals surface area contributed by atoms with Crippen LogP contribution >= 0.6 is 0 Å². The van der Waals surface area contributed by atoms with Crippen LogP contribution in [0, 0.1) is 0 Å². The van der Waals surface area contributed by atoms with Crippen molar-refractivity contribution < 1.29 is 4.74 Å². The Morgan fingerprint density at radius 3 is 3.25 bits per heavy atom. The van der Waals surface area contributed by atoms with E-state index in [-0.39, 0.29) is 0 Å². The molecule has 1 aliphatic rings. The molecule has 0 radical (unpaired) electrons. The molecule has 0 atom stereocenters. The molecule has 0 amide bonds. The third kappa shape index (κ3) is 2.64. The van der Waals surface area contributed by atoms with E-state index in [1.165, 1.54) is 11.1 Å². The third-order valence-corrected chi connectivity index (χ3v) is 2.78. The standard InChI is InChI=1S/C14H19NO/c1-2-15-10-4-3-6-12-7-5-8-13-9-11-16-14(12)13/h3,5-8,15H,2,4,9-11H2,1H3/b6-3+. The van der Waals surface area contributed by atoms with Gasteiger partial charge in [-0.2, -0.15) is 0 Å². The Morgan fingerprint density at radius 2 is 2.38 bits per heavy atom. The van der Waals surface area contributed by atoms with Crippen molar-refractivity contribution in [1.82, 2.24) is 5.32 Å². The number of hydrogen-bond acceptors (Lipinski definition) is 2. The van der Waals surface area contributed by atoms with Crippen molar-refractivity contribution in [3.63, 3.8) is 0 Å². The lowest BCUT2D eigenvalue weighted by Gasteiger charge is -2.03. The number of para-hydroxylation sites is 1. The van der Waals surface area contributed by atoms with Crippen molar-refractivity contribution in [2.24, 2.45) is 0 Å². The summed E-state index contributed by atoms with van der Waals surface area (Å²) in [6, 6.07) is 6.38. The van der Waals surface area contributed by atoms with Crippen LogP contribution in [0.4, 0.5) is 0 Å². The van der Waals surface area contributed by atoms with Crippen LogP contribution in [0.5, 0.6) is 5.75 Å². The minimum atomic E-state index is 0.831. The second-order valence-corrected chi connectivity index (χ2v) is 3.98. The zero-order chi connectivity index (χ0) is 11.2. The van der Waals surface area contributed by atoms with E-state index >= 15 is 0 Å². The summed E-state index contributed by atoms with van der Waals surface area (Å²) < 4.78 is 5.64. The van der Waals surface area contributed by atoms with Gasteiger partial charge in [-0.05, 0) is 25.1 Å². The first-order valence-corrected chi connectivity index (χ1v) is 6.03. The van der Waals surface area contributed by atoms with E-state index in [4.69, 9.17) is 4.74 Å². The van der Waals surface area contributed by atoms with Crippen LogP contribution in [-0.4, -0.2) is 19.7 Å². The predicted molar refractivity (Wildman–Crippen MR) is 67.8 cm³/mol. The minimum absolute atomic E-state index is 0.831. The van der Waals surface area contributed by atoms with Gasteiger partial charge >= 0.3 is 0 Å². The Kier molecular flexibility index (Phi) is 4.00. The average Bonchev–Trinajstić information content (AvgIpc) is 2.77. The molecule has 2 rings (SSSR count). The first kappa shape index (κ1) is 11.2. The summed E-state index contributed by atoms with van der Waals surface area (Å²) in [6.45, 7) is 5.04. The Hall–Kier alpha value is -1.28. The SMILES string of the molecule is CCNCC/C=C/c1cccc2c1OCC2. The molecule has 1 N–H and O–H groups in total. The molecule has 86 valence electrons. The van der Waals surface area contributed by atoms with Crippen molar-refractivity contribution >= 4 is 6.08 Å². The van der Waals surface area contributed by atoms with Gasteiger partial charge in [-0.1, -0.05) is 37.3 Å². The number of nitrogens with one attached hydrogen (secondary N) is 1. The number of fused-ring (bicyclic) bond motifs is 1. The molecule has 1 heterocycles. The Bertz CT molecular complexity index is 371. The lowest BCUT2D eigenvalue weighted by molar-refractivity contribution is 0.356. The fraction of sp³-hybridized carbons (Fsp3) is 0.429. The number of hydrogen-bond donors (Lipinski definition) is 1. The number of benzene rings is 1. The van der Waals surface area contributed by atoms with Gasteiger partial charge in [0.15, 0.2) is 0 Å². The van der Waals surface area contributed by atoms with Gasteiger partial charge in [-0.15, -0.1) is 0 Å². The van der Waals surface area contributed by atoms with Crippen LogP contribution in [0.2, 0.25) is 0 Å². The summed E-state index contributed by atoms with van der Waals surface area (Å²) in [5, 5.41) is 3.30. The first-order valence-electron chi connectivity index (χ1n) is 6.03. The maximum absolute atomic E-state index is 5.64. The summed E-state index contributed by atoms with van der Waals surface area (Å²) >= 11 is 0. The molecule has 0 spiro atoms. The van der Waals surface area contributed by atoms with Crippen molar-refractivity contribution in [3.8, 4) is 5.75 Å². The molecule has 0 unspecified atom stereocenters. The van der Waals surface area contributed by atoms with E-state index in [2.05, 4.69) is 42.6 Å². The van der Waals surface area contributed by atoms with Gasteiger partial charge in [0.2, 0.25) is 0 Å². The van der Waals surface area contributed by atoms with Gasteiger partial charge in [0.05, 0.1) is 6.61 Å². The first-order chi connectivity index (χ1) is 7.92. The Balaban J connectivity index is 1.97. The molecule has 2 nitrogen and oxygen atoms in total. The van der Waals surface area contributed by atoms with E-state index in [1.807, 2.05) is 0 Å². The molecule has 0 saturated carbocycles. The largest absolute Gasteiger partial charge is 0.492 e. The van der Waals surface area contributed by atoms with E-state index < -0.39 is 0 Å². The molecule has 16 heavy (non-hydrogen) atoms. The molecule has 0 aromatic heterocycles. The monoisotopic (exact) mass is 217 g/mol. The molecule has 2 heteroatoms. The minimum Gasteiger partial charge on any atom is -0.492 e. The molecule has 0 saturated heterocycles. The Morgan fingerprint density at radius 1 is 1.44 bits per heavy atom. The highest BCUT2D eigenvalue weighted by Gasteiger charge is 2.13. The molecular formula is C14H19NO. The zero-order valence-corrected chi connectivity index (χ0v) is 9.83. The second-order valence-electron chi connectivity index (χ2n) is 3.98. The van der Waals surface area contributed by atoms with Crippen molar-refractivity contribution in [1.29, 1.82) is 0 Å². The van der Waals surface area contributed by atoms with E-state index in [9.17, 15) is 0 Å². The average molecular weight is 217 g/mol. The normalized spacial score (nSPS) is 14.1. The third-order valence-electron chi connectivity index (χ3n) is 2.78. The van der Waals surface area contributed by atoms with Crippen molar-refractivity contribution in [3.05, 3.63) is 35.4 Å². The second kappa shape index (κ2) is 5.71. The van der Waals surface area contributed by atoms with E-state index in [0.717, 1.165) is 38.3 Å². The quantitative estimate of drug-likeness (QED) is 0.766. The highest BCUT2D eigenvalue weighted by molar-refractivity contribution is 5.60. The van der Waals surface area contributed by atoms with Gasteiger partial charge in [0.1, 0.15) is 5.75 Å². The topological polar surface area (TPSA) is 21.3 Å². The molecule has 0 aliphatic carbocycles. The summed E-state index contributed by atoms with van der Waals surface area (Å²) in [5.74, 6) is 1.09. The fourth-order valence-corrected chi connectivity index (χ4v) is 1.94. The van der Waals surface area contributed by atoms with Crippen LogP contribution in [0.1, 0.15) is 24.5 Å². The number of rotatable bonds is 5. The summed E-state index contributed by atoms with van der Waals surface area (Å²) in [4.78, 5) is 0. The number of ether oxygens (including phenoxy) is 1. The van der Waals surface area contributed by atoms with Gasteiger partial charge in [-0.3, -0.25) is 0 Å². The molecule has 1 aromatic carbocycles. The highest BCUT2D eigenvalue weighted by atomic mass is 16.5. The molecule has 0 fully saturated rings. The van der Waals surface area contributed by atoms with Crippen LogP contribution in [0.15, 0.2) is 24.3 Å². The van der Waals surface area contributed by atoms with Gasteiger partial charge < -0.3 is 10.1 Å². The predicted octanol–water partition coefficient (Wildman–Crippen LogP) is 2.63. The summed E-state index contributed by atoms with van der Waals surface area (Å²) in [7, 11) is 0. The summed E-state index contributed by atoms with van der Waals surface area (Å²) in [6.07, 6.45) is 6.49. The molecule has 0 bridgehead atoms. The van der Waals surface area contributed by atoms with Crippen LogP contribution in [0.25, 0.3) is 6.08 Å². The van der Waals surface area contributed by atoms with Crippen LogP contribution in [0.3, 0.4) is 0 Å². The zero-order valence-electron chi connectivity index (χ0n) is 9.83. The van der Waals surface area contributed by atoms with Gasteiger partial charge in [-0.25, -0.2) is 0 Å². The maximum Gasteiger partial charge on any atom is 0.129 e. The maximum atomic E-state index is 5.64. The van der Waals surface area contributed by atoms with Crippen LogP contribution < -0.4 is 10.1 Å². The lowest BCUT2D eigenvalue weighted by atomic mass is 10.1. The van der Waals surface area contributed by atoms with Crippen LogP contribution in [-0.2, 0) is 6.42 Å². The molecule has 1 aliphatic heterocycles. The van der Waals surface area contributed by atoms with E-state index in [0.29, 0.717) is 0 Å². The lowest BCUT2D eigenvalue weighted by Crippen LogP contribution is -2.12. The van der Waals surface area contributed by atoms with E-state index in [1.54, 1.807) is 0 Å². The smallest absolute Gasteiger partial charge is 0.129 e. The molecular weight excluding hydrogens is 198 g/mol. The Labute approximate surface area is 97.3 Å². The highest BCUT2D eigenvalue weighted by Crippen LogP contribution is 2.30. The summed E-state index contributed by atoms with van der Waals surface area (Å²) in [5.41, 5.74) is 2.56. The fourth-order valence-electron chi connectivity index (χ4n) is 1.94. The van der Waals surface area contributed by atoms with Crippen molar-refractivity contribution in [2.45, 2.75) is 19.8 Å². The van der Waals surface area contributed by atoms with Gasteiger partial charge in [0, 0.05) is 12.0 Å². The van der Waals surface area contributed by atoms with Crippen molar-refractivity contribution in [2.75, 3.05) is 19.7 Å². The molecule has 1 aromatic rings.